The van der Waals surface area contributed by atoms with Gasteiger partial charge in [-0.15, -0.1) is 0 Å². The summed E-state index contributed by atoms with van der Waals surface area (Å²) in [5.41, 5.74) is 10.6. The predicted octanol–water partition coefficient (Wildman–Crippen LogP) is 10.8. The van der Waals surface area contributed by atoms with Crippen LogP contribution < -0.4 is 5.73 Å². The molecule has 2 N–H and O–H groups in total. The molecule has 9 rings (SSSR count). The van der Waals surface area contributed by atoms with E-state index in [-0.39, 0.29) is 0 Å². The Balaban J connectivity index is 1.40. The molecule has 0 fully saturated rings. The van der Waals surface area contributed by atoms with Crippen molar-refractivity contribution in [2.45, 2.75) is 6.92 Å². The number of nitrogens with two attached hydrogens (primary N) is 1. The summed E-state index contributed by atoms with van der Waals surface area (Å²) in [5.74, 6) is 2.33. The number of nitrogens with zero attached hydrogens (tertiary/aromatic N) is 3. The van der Waals surface area contributed by atoms with Crippen LogP contribution in [0.15, 0.2) is 138 Å². The summed E-state index contributed by atoms with van der Waals surface area (Å²) >= 11 is 0. The fourth-order valence-corrected chi connectivity index (χ4v) is 6.78. The Labute approximate surface area is 270 Å². The van der Waals surface area contributed by atoms with Crippen LogP contribution in [0.2, 0.25) is 0 Å². The molecule has 0 bridgehead atoms. The minimum Gasteiger partial charge on any atom is -0.454 e. The molecule has 0 aliphatic heterocycles. The smallest absolute Gasteiger partial charge is 0.164 e. The van der Waals surface area contributed by atoms with Crippen LogP contribution in [0.5, 0.6) is 0 Å². The third-order valence-electron chi connectivity index (χ3n) is 8.97. The molecule has 0 unspecified atom stereocenters. The van der Waals surface area contributed by atoms with Gasteiger partial charge >= 0.3 is 0 Å². The summed E-state index contributed by atoms with van der Waals surface area (Å²) in [5, 5.41) is 9.95. The van der Waals surface area contributed by atoms with Crippen molar-refractivity contribution in [1.29, 1.82) is 0 Å². The lowest BCUT2D eigenvalue weighted by molar-refractivity contribution is 0.606. The Hall–Kier alpha value is -6.33. The highest BCUT2D eigenvalue weighted by Gasteiger charge is 2.21. The summed E-state index contributed by atoms with van der Waals surface area (Å²) in [6.45, 7) is 1.94. The van der Waals surface area contributed by atoms with E-state index in [0.29, 0.717) is 34.5 Å². The van der Waals surface area contributed by atoms with Crippen LogP contribution in [0.25, 0.3) is 94.3 Å². The van der Waals surface area contributed by atoms with Crippen molar-refractivity contribution in [3.05, 3.63) is 139 Å². The van der Waals surface area contributed by atoms with Gasteiger partial charge in [0.05, 0.1) is 11.1 Å². The molecule has 0 radical (unpaired) electrons. The predicted molar refractivity (Wildman–Crippen MR) is 195 cm³/mol. The minimum atomic E-state index is 0.532. The van der Waals surface area contributed by atoms with Crippen LogP contribution in [-0.4, -0.2) is 15.0 Å². The molecule has 0 saturated carbocycles. The van der Waals surface area contributed by atoms with E-state index in [1.165, 1.54) is 5.39 Å². The van der Waals surface area contributed by atoms with Crippen LogP contribution in [0, 0.1) is 0 Å². The molecule has 222 valence electrons. The fourth-order valence-electron chi connectivity index (χ4n) is 6.78. The molecule has 0 aliphatic carbocycles. The molecule has 0 atom stereocenters. The molecule has 0 saturated heterocycles. The van der Waals surface area contributed by atoms with Crippen molar-refractivity contribution in [1.82, 2.24) is 15.0 Å². The Morgan fingerprint density at radius 1 is 0.532 bits per heavy atom. The average molecular weight is 605 g/mol. The zero-order chi connectivity index (χ0) is 31.5. The van der Waals surface area contributed by atoms with Gasteiger partial charge in [0.1, 0.15) is 5.58 Å². The van der Waals surface area contributed by atoms with Gasteiger partial charge in [0.15, 0.2) is 23.2 Å². The highest BCUT2D eigenvalue weighted by atomic mass is 16.3. The lowest BCUT2D eigenvalue weighted by atomic mass is 9.92. The number of benzene rings is 7. The summed E-state index contributed by atoms with van der Waals surface area (Å²) in [7, 11) is 0. The maximum Gasteiger partial charge on any atom is 0.164 e. The van der Waals surface area contributed by atoms with Gasteiger partial charge in [0, 0.05) is 22.1 Å². The number of fused-ring (bicyclic) bond motifs is 7. The zero-order valence-corrected chi connectivity index (χ0v) is 25.6. The standard InChI is InChI=1S/C42H28N4O/c1-2-10-36-39(43)38-33(17-9-18-35(38)47-36)41-44-40(29-20-19-25-11-3-4-13-27(25)23-29)45-42(46-41)34-24-28-14-6-7-15-30(28)32-22-21-26-12-5-8-16-31(26)37(32)34/h2-24H,43H2,1H3/b10-2-. The third kappa shape index (κ3) is 4.36. The van der Waals surface area contributed by atoms with Crippen molar-refractivity contribution >= 4 is 65.8 Å². The molecule has 2 aromatic heterocycles. The van der Waals surface area contributed by atoms with Gasteiger partial charge in [0.25, 0.3) is 0 Å². The number of rotatable bonds is 4. The average Bonchev–Trinajstić information content (AvgIpc) is 3.45. The van der Waals surface area contributed by atoms with E-state index in [9.17, 15) is 0 Å². The molecule has 0 aliphatic rings. The van der Waals surface area contributed by atoms with Crippen molar-refractivity contribution in [2.24, 2.45) is 0 Å². The normalized spacial score (nSPS) is 11.9. The number of hydrogen-bond donors (Lipinski definition) is 1. The SMILES string of the molecule is C/C=C\c1oc2cccc(-c3nc(-c4ccc5ccccc5c4)nc(-c4cc5ccccc5c5ccc6ccccc6c45)n3)c2c1N. The summed E-state index contributed by atoms with van der Waals surface area (Å²) in [4.78, 5) is 15.6. The topological polar surface area (TPSA) is 77.8 Å². The van der Waals surface area contributed by atoms with Crippen molar-refractivity contribution < 1.29 is 4.42 Å². The first-order chi connectivity index (χ1) is 23.2. The van der Waals surface area contributed by atoms with Gasteiger partial charge in [-0.1, -0.05) is 115 Å². The van der Waals surface area contributed by atoms with E-state index in [2.05, 4.69) is 97.1 Å². The lowest BCUT2D eigenvalue weighted by Crippen LogP contribution is -2.01. The molecule has 7 aromatic carbocycles. The first-order valence-electron chi connectivity index (χ1n) is 15.7. The summed E-state index contributed by atoms with van der Waals surface area (Å²) < 4.78 is 6.15. The van der Waals surface area contributed by atoms with E-state index in [1.807, 2.05) is 49.4 Å². The number of nitrogen functional groups attached to an aromatic ring is 1. The zero-order valence-electron chi connectivity index (χ0n) is 25.6. The van der Waals surface area contributed by atoms with E-state index in [1.54, 1.807) is 0 Å². The van der Waals surface area contributed by atoms with E-state index < -0.39 is 0 Å². The third-order valence-corrected chi connectivity index (χ3v) is 8.97. The van der Waals surface area contributed by atoms with Gasteiger partial charge in [-0.3, -0.25) is 0 Å². The molecule has 47 heavy (non-hydrogen) atoms. The van der Waals surface area contributed by atoms with Crippen LogP contribution in [0.4, 0.5) is 5.69 Å². The van der Waals surface area contributed by atoms with E-state index in [0.717, 1.165) is 59.8 Å². The Morgan fingerprint density at radius 3 is 2.04 bits per heavy atom. The first-order valence-corrected chi connectivity index (χ1v) is 15.7. The summed E-state index contributed by atoms with van der Waals surface area (Å²) in [6, 6.07) is 44.2. The van der Waals surface area contributed by atoms with Crippen LogP contribution in [-0.2, 0) is 0 Å². The highest BCUT2D eigenvalue weighted by molar-refractivity contribution is 6.22. The number of aromatic nitrogens is 3. The van der Waals surface area contributed by atoms with Crippen LogP contribution >= 0.6 is 0 Å². The monoisotopic (exact) mass is 604 g/mol. The minimum absolute atomic E-state index is 0.532. The molecule has 5 nitrogen and oxygen atoms in total. The molecule has 5 heteroatoms. The molecule has 0 spiro atoms. The van der Waals surface area contributed by atoms with Crippen LogP contribution in [0.3, 0.4) is 0 Å². The number of allylic oxidation sites excluding steroid dienone is 1. The molecular formula is C42H28N4O. The lowest BCUT2D eigenvalue weighted by Gasteiger charge is -2.15. The van der Waals surface area contributed by atoms with Gasteiger partial charge < -0.3 is 10.2 Å². The van der Waals surface area contributed by atoms with Gasteiger partial charge in [-0.25, -0.2) is 15.0 Å². The van der Waals surface area contributed by atoms with Crippen molar-refractivity contribution in [3.8, 4) is 34.2 Å². The number of furan rings is 1. The quantitative estimate of drug-likeness (QED) is 0.202. The second-order valence-electron chi connectivity index (χ2n) is 11.8. The maximum atomic E-state index is 6.71. The first kappa shape index (κ1) is 27.0. The molecule has 0 amide bonds. The van der Waals surface area contributed by atoms with Gasteiger partial charge in [-0.2, -0.15) is 0 Å². The highest BCUT2D eigenvalue weighted by Crippen LogP contribution is 2.41. The number of hydrogen-bond acceptors (Lipinski definition) is 5. The van der Waals surface area contributed by atoms with Crippen molar-refractivity contribution in [2.75, 3.05) is 5.73 Å². The summed E-state index contributed by atoms with van der Waals surface area (Å²) in [6.07, 6.45) is 3.80. The second kappa shape index (κ2) is 10.6. The van der Waals surface area contributed by atoms with Gasteiger partial charge in [-0.05, 0) is 68.9 Å². The Kier molecular flexibility index (Phi) is 6.12. The molecule has 2 heterocycles. The Bertz CT molecular complexity index is 2720. The van der Waals surface area contributed by atoms with Crippen molar-refractivity contribution in [3.63, 3.8) is 0 Å². The largest absolute Gasteiger partial charge is 0.454 e. The molecular weight excluding hydrogens is 576 g/mol. The second-order valence-corrected chi connectivity index (χ2v) is 11.8. The molecule has 9 aromatic rings. The number of anilines is 1. The van der Waals surface area contributed by atoms with E-state index in [4.69, 9.17) is 25.1 Å². The maximum absolute atomic E-state index is 6.71. The van der Waals surface area contributed by atoms with Crippen LogP contribution in [0.1, 0.15) is 12.7 Å². The Morgan fingerprint density at radius 2 is 1.21 bits per heavy atom. The fraction of sp³-hybridized carbons (Fsp3) is 0.0238. The van der Waals surface area contributed by atoms with E-state index >= 15 is 0 Å². The van der Waals surface area contributed by atoms with Gasteiger partial charge in [0.2, 0.25) is 0 Å².